The molecule has 15 nitrogen and oxygen atoms in total. The Bertz CT molecular complexity index is 1200. The molecule has 1 aliphatic heterocycles. The Morgan fingerprint density at radius 2 is 1.48 bits per heavy atom. The van der Waals surface area contributed by atoms with Crippen molar-refractivity contribution in [3.8, 4) is 5.75 Å². The third-order valence-corrected chi connectivity index (χ3v) is 9.34. The molecular weight excluding hydrogens is 638 g/mol. The van der Waals surface area contributed by atoms with Crippen LogP contribution in [0.1, 0.15) is 45.1 Å². The number of phenols is 1. The van der Waals surface area contributed by atoms with Gasteiger partial charge in [-0.2, -0.15) is 0 Å². The average molecular weight is 684 g/mol. The van der Waals surface area contributed by atoms with Crippen LogP contribution < -0.4 is 38.1 Å². The first-order valence-corrected chi connectivity index (χ1v) is 17.5. The number of rotatable bonds is 9. The first kappa shape index (κ1) is 38.6. The highest BCUT2D eigenvalue weighted by molar-refractivity contribution is 8.76. The van der Waals surface area contributed by atoms with Crippen LogP contribution in [0.5, 0.6) is 5.75 Å². The topological polar surface area (TPSA) is 255 Å². The second-order valence-electron chi connectivity index (χ2n) is 11.3. The van der Waals surface area contributed by atoms with Crippen molar-refractivity contribution in [2.45, 2.75) is 76.2 Å². The van der Waals surface area contributed by atoms with Crippen LogP contribution in [-0.2, 0) is 35.2 Å². The number of hydrogen-bond acceptors (Lipinski definition) is 11. The fourth-order valence-electron chi connectivity index (χ4n) is 4.39. The highest BCUT2D eigenvalue weighted by Crippen LogP contribution is 2.23. The van der Waals surface area contributed by atoms with Crippen molar-refractivity contribution in [2.75, 3.05) is 24.6 Å². The maximum absolute atomic E-state index is 13.6. The van der Waals surface area contributed by atoms with Crippen LogP contribution in [0.15, 0.2) is 24.3 Å². The molecular formula is C29H45N7O8S2. The quantitative estimate of drug-likeness (QED) is 0.112. The number of carbonyl (C=O) groups is 6. The van der Waals surface area contributed by atoms with Crippen LogP contribution in [0, 0.1) is 5.92 Å². The number of amides is 5. The summed E-state index contributed by atoms with van der Waals surface area (Å²) in [5, 5.41) is 32.3. The number of benzene rings is 1. The Hall–Kier alpha value is -3.54. The van der Waals surface area contributed by atoms with Crippen LogP contribution >= 0.6 is 21.6 Å². The maximum atomic E-state index is 13.6. The molecule has 1 aliphatic rings. The molecule has 0 saturated carbocycles. The SMILES string of the molecule is CC(C)C[C@@H]1NC(=O)[C@H](CCCCN)NC(=O)[C@@H](Cc2ccc(O)cc2)NC(=O)CNC(=O)[C@@H](N)CSSC[C@@H](C(=O)O)NC1=O. The molecule has 0 unspecified atom stereocenters. The third-order valence-electron chi connectivity index (χ3n) is 6.89. The smallest absolute Gasteiger partial charge is 0.327 e. The van der Waals surface area contributed by atoms with Crippen LogP contribution in [0.2, 0.25) is 0 Å². The van der Waals surface area contributed by atoms with E-state index < -0.39 is 72.3 Å². The first-order chi connectivity index (χ1) is 21.8. The van der Waals surface area contributed by atoms with Gasteiger partial charge >= 0.3 is 5.97 Å². The molecule has 1 saturated heterocycles. The second-order valence-corrected chi connectivity index (χ2v) is 13.9. The van der Waals surface area contributed by atoms with Crippen molar-refractivity contribution in [2.24, 2.45) is 17.4 Å². The van der Waals surface area contributed by atoms with E-state index in [0.29, 0.717) is 24.9 Å². The molecule has 1 fully saturated rings. The average Bonchev–Trinajstić information content (AvgIpc) is 3.00. The van der Waals surface area contributed by atoms with E-state index >= 15 is 0 Å². The molecule has 0 radical (unpaired) electrons. The van der Waals surface area contributed by atoms with Crippen molar-refractivity contribution in [1.82, 2.24) is 26.6 Å². The number of carboxylic acid groups (broad SMARTS) is 1. The highest BCUT2D eigenvalue weighted by Gasteiger charge is 2.32. The van der Waals surface area contributed by atoms with Gasteiger partial charge in [0.1, 0.15) is 29.9 Å². The van der Waals surface area contributed by atoms with E-state index in [4.69, 9.17) is 11.5 Å². The van der Waals surface area contributed by atoms with Gasteiger partial charge in [0.2, 0.25) is 29.5 Å². The Labute approximate surface area is 275 Å². The van der Waals surface area contributed by atoms with Gasteiger partial charge in [-0.05, 0) is 55.8 Å². The molecule has 5 atom stereocenters. The van der Waals surface area contributed by atoms with Gasteiger partial charge in [-0.3, -0.25) is 24.0 Å². The lowest BCUT2D eigenvalue weighted by Crippen LogP contribution is -2.58. The number of hydrogen-bond donors (Lipinski definition) is 9. The molecule has 46 heavy (non-hydrogen) atoms. The van der Waals surface area contributed by atoms with Crippen molar-refractivity contribution in [1.29, 1.82) is 0 Å². The van der Waals surface area contributed by atoms with Crippen LogP contribution in [-0.4, -0.2) is 101 Å². The van der Waals surface area contributed by atoms with Gasteiger partial charge in [-0.15, -0.1) is 0 Å². The number of aliphatic carboxylic acids is 1. The number of phenolic OH excluding ortho intramolecular Hbond substituents is 1. The number of carboxylic acids is 1. The van der Waals surface area contributed by atoms with Gasteiger partial charge < -0.3 is 48.3 Å². The first-order valence-electron chi connectivity index (χ1n) is 15.0. The molecule has 1 heterocycles. The summed E-state index contributed by atoms with van der Waals surface area (Å²) in [4.78, 5) is 77.8. The molecule has 11 N–H and O–H groups in total. The lowest BCUT2D eigenvalue weighted by molar-refractivity contribution is -0.141. The summed E-state index contributed by atoms with van der Waals surface area (Å²) in [6, 6.07) is 0.286. The van der Waals surface area contributed by atoms with E-state index in [0.717, 1.165) is 21.6 Å². The van der Waals surface area contributed by atoms with Crippen molar-refractivity contribution in [3.63, 3.8) is 0 Å². The van der Waals surface area contributed by atoms with Crippen molar-refractivity contribution >= 4 is 57.1 Å². The van der Waals surface area contributed by atoms with E-state index in [1.54, 1.807) is 12.1 Å². The fourth-order valence-corrected chi connectivity index (χ4v) is 6.67. The molecule has 0 bridgehead atoms. The standard InChI is InChI=1S/C29H45N7O8S2/c1-16(2)11-21-27(41)36-23(29(43)44)15-46-45-14-19(31)25(39)32-13-24(38)33-22(12-17-6-8-18(37)9-7-17)28(42)34-20(26(40)35-21)5-3-4-10-30/h6-9,16,19-23,37H,3-5,10-15,30-31H2,1-2H3,(H,32,39)(H,33,38)(H,34,42)(H,35,40)(H,36,41)(H,43,44)/t19-,20-,21-,22+,23-/m0/s1. The largest absolute Gasteiger partial charge is 0.508 e. The van der Waals surface area contributed by atoms with E-state index in [2.05, 4.69) is 26.6 Å². The summed E-state index contributed by atoms with van der Waals surface area (Å²) < 4.78 is 0. The normalized spacial score (nSPS) is 24.6. The zero-order chi connectivity index (χ0) is 34.2. The number of nitrogens with two attached hydrogens (primary N) is 2. The third kappa shape index (κ3) is 13.8. The fraction of sp³-hybridized carbons (Fsp3) is 0.586. The number of unbranched alkanes of at least 4 members (excludes halogenated alkanes) is 1. The van der Waals surface area contributed by atoms with Crippen LogP contribution in [0.4, 0.5) is 0 Å². The van der Waals surface area contributed by atoms with Gasteiger partial charge in [0.05, 0.1) is 12.6 Å². The summed E-state index contributed by atoms with van der Waals surface area (Å²) in [7, 11) is 2.23. The molecule has 0 spiro atoms. The van der Waals surface area contributed by atoms with Gasteiger partial charge in [0.15, 0.2) is 0 Å². The zero-order valence-corrected chi connectivity index (χ0v) is 27.6. The molecule has 1 aromatic carbocycles. The predicted molar refractivity (Wildman–Crippen MR) is 175 cm³/mol. The Morgan fingerprint density at radius 1 is 0.870 bits per heavy atom. The molecule has 1 aromatic rings. The molecule has 256 valence electrons. The second kappa shape index (κ2) is 19.9. The highest BCUT2D eigenvalue weighted by atomic mass is 33.1. The summed E-state index contributed by atoms with van der Waals surface area (Å²) >= 11 is 0. The monoisotopic (exact) mass is 683 g/mol. The minimum absolute atomic E-state index is 0.00866. The molecule has 0 aliphatic carbocycles. The summed E-state index contributed by atoms with van der Waals surface area (Å²) in [6.45, 7) is 3.55. The molecule has 2 rings (SSSR count). The number of aromatic hydroxyl groups is 1. The van der Waals surface area contributed by atoms with Crippen molar-refractivity contribution in [3.05, 3.63) is 29.8 Å². The van der Waals surface area contributed by atoms with E-state index in [1.165, 1.54) is 12.1 Å². The number of carbonyl (C=O) groups excluding carboxylic acids is 5. The maximum Gasteiger partial charge on any atom is 0.327 e. The zero-order valence-electron chi connectivity index (χ0n) is 26.0. The molecule has 5 amide bonds. The van der Waals surface area contributed by atoms with E-state index in [-0.39, 0.29) is 42.4 Å². The summed E-state index contributed by atoms with van der Waals surface area (Å²) in [5.41, 5.74) is 12.2. The Kier molecular flexibility index (Phi) is 16.7. The number of nitrogens with one attached hydrogen (secondary N) is 5. The minimum Gasteiger partial charge on any atom is -0.508 e. The summed E-state index contributed by atoms with van der Waals surface area (Å²) in [6.07, 6.45) is 1.38. The predicted octanol–water partition coefficient (Wildman–Crippen LogP) is -1.03. The lowest BCUT2D eigenvalue weighted by Gasteiger charge is -2.27. The van der Waals surface area contributed by atoms with Crippen molar-refractivity contribution < 1.29 is 39.0 Å². The van der Waals surface area contributed by atoms with E-state index in [9.17, 15) is 39.0 Å². The molecule has 0 aromatic heterocycles. The van der Waals surface area contributed by atoms with Gasteiger partial charge in [0, 0.05) is 17.9 Å². The van der Waals surface area contributed by atoms with Gasteiger partial charge in [-0.1, -0.05) is 47.6 Å². The summed E-state index contributed by atoms with van der Waals surface area (Å²) in [5.74, 6) is -4.66. The minimum atomic E-state index is -1.29. The van der Waals surface area contributed by atoms with Crippen LogP contribution in [0.3, 0.4) is 0 Å². The lowest BCUT2D eigenvalue weighted by atomic mass is 10.0. The van der Waals surface area contributed by atoms with Gasteiger partial charge in [-0.25, -0.2) is 4.79 Å². The van der Waals surface area contributed by atoms with Crippen LogP contribution in [0.25, 0.3) is 0 Å². The molecule has 17 heteroatoms. The Balaban J connectivity index is 2.43. The van der Waals surface area contributed by atoms with E-state index in [1.807, 2.05) is 13.8 Å². The Morgan fingerprint density at radius 3 is 2.11 bits per heavy atom. The van der Waals surface area contributed by atoms with Gasteiger partial charge in [0.25, 0.3) is 0 Å².